The highest BCUT2D eigenvalue weighted by Gasteiger charge is 2.13. The second-order valence-corrected chi connectivity index (χ2v) is 1.90. The first kappa shape index (κ1) is 7.53. The molecule has 0 aromatic carbocycles. The molecule has 46 valence electrons. The molecule has 4 nitrogen and oxygen atoms in total. The van der Waals surface area contributed by atoms with Crippen LogP contribution in [-0.4, -0.2) is 20.6 Å². The Morgan fingerprint density at radius 3 is 2.75 bits per heavy atom. The van der Waals surface area contributed by atoms with E-state index in [1.54, 1.807) is 0 Å². The van der Waals surface area contributed by atoms with Gasteiger partial charge in [-0.1, -0.05) is 0 Å². The quantitative estimate of drug-likeness (QED) is 0.330. The summed E-state index contributed by atoms with van der Waals surface area (Å²) in [5, 5.41) is 0. The summed E-state index contributed by atoms with van der Waals surface area (Å²) >= 11 is 0. The third kappa shape index (κ3) is 3.71. The van der Waals surface area contributed by atoms with Crippen molar-refractivity contribution in [2.24, 2.45) is 4.99 Å². The van der Waals surface area contributed by atoms with E-state index in [-0.39, 0.29) is 0 Å². The van der Waals surface area contributed by atoms with Crippen LogP contribution >= 0.6 is 8.25 Å². The summed E-state index contributed by atoms with van der Waals surface area (Å²) in [6, 6.07) is 0. The van der Waals surface area contributed by atoms with Crippen molar-refractivity contribution < 1.29 is 13.6 Å². The summed E-state index contributed by atoms with van der Waals surface area (Å²) < 4.78 is 18.8. The fourth-order valence-corrected chi connectivity index (χ4v) is 0.386. The van der Waals surface area contributed by atoms with Crippen LogP contribution in [0.3, 0.4) is 0 Å². The lowest BCUT2D eigenvalue weighted by Crippen LogP contribution is -1.75. The summed E-state index contributed by atoms with van der Waals surface area (Å²) in [6.45, 7) is 0. The lowest BCUT2D eigenvalue weighted by Gasteiger charge is -1.73. The Kier molecular flexibility index (Phi) is 4.41. The summed E-state index contributed by atoms with van der Waals surface area (Å²) in [7, 11) is 0.823. The minimum Gasteiger partial charge on any atom is -0.257 e. The highest BCUT2D eigenvalue weighted by molar-refractivity contribution is 7.33. The van der Waals surface area contributed by atoms with Crippen LogP contribution in [0.4, 0.5) is 0 Å². The van der Waals surface area contributed by atoms with E-state index >= 15 is 0 Å². The molecule has 0 saturated carbocycles. The van der Waals surface area contributed by atoms with E-state index in [9.17, 15) is 4.57 Å². The van der Waals surface area contributed by atoms with Crippen LogP contribution in [0.25, 0.3) is 0 Å². The first-order valence-corrected chi connectivity index (χ1v) is 2.99. The Morgan fingerprint density at radius 2 is 2.38 bits per heavy atom. The topological polar surface area (TPSA) is 47.9 Å². The van der Waals surface area contributed by atoms with E-state index in [4.69, 9.17) is 0 Å². The molecule has 0 aromatic heterocycles. The Hall–Kier alpha value is -0.470. The van der Waals surface area contributed by atoms with E-state index < -0.39 is 8.25 Å². The summed E-state index contributed by atoms with van der Waals surface area (Å²) in [5.41, 5.74) is 0. The van der Waals surface area contributed by atoms with Gasteiger partial charge < -0.3 is 0 Å². The molecule has 0 fully saturated rings. The van der Waals surface area contributed by atoms with Gasteiger partial charge in [0.25, 0.3) is 0 Å². The van der Waals surface area contributed by atoms with Gasteiger partial charge in [-0.3, -0.25) is 4.99 Å². The standard InChI is InChI=1S/C3H7NO3P/c1-4-3-7-8(5)6-2/h3H,1-2H3/q+1. The molecule has 0 bridgehead atoms. The van der Waals surface area contributed by atoms with Crippen molar-refractivity contribution in [2.45, 2.75) is 0 Å². The van der Waals surface area contributed by atoms with Crippen molar-refractivity contribution in [3.63, 3.8) is 0 Å². The maximum Gasteiger partial charge on any atom is 0.750 e. The summed E-state index contributed by atoms with van der Waals surface area (Å²) in [4.78, 5) is 3.41. The molecule has 0 rings (SSSR count). The van der Waals surface area contributed by atoms with Gasteiger partial charge in [0, 0.05) is 11.6 Å². The van der Waals surface area contributed by atoms with Gasteiger partial charge in [-0.25, -0.2) is 4.52 Å². The highest BCUT2D eigenvalue weighted by atomic mass is 31.1. The molecule has 5 heteroatoms. The molecule has 0 N–H and O–H groups in total. The Bertz CT molecular complexity index is 103. The van der Waals surface area contributed by atoms with Gasteiger partial charge >= 0.3 is 8.25 Å². The van der Waals surface area contributed by atoms with E-state index in [1.807, 2.05) is 0 Å². The molecule has 0 aromatic rings. The molecule has 0 spiro atoms. The minimum atomic E-state index is -1.98. The second kappa shape index (κ2) is 4.68. The normalized spacial score (nSPS) is 12.0. The van der Waals surface area contributed by atoms with Gasteiger partial charge in [-0.05, 0) is 0 Å². The van der Waals surface area contributed by atoms with Gasteiger partial charge in [0.2, 0.25) is 6.40 Å². The van der Waals surface area contributed by atoms with Gasteiger partial charge in [0.05, 0.1) is 7.11 Å². The zero-order chi connectivity index (χ0) is 6.41. The fraction of sp³-hybridized carbons (Fsp3) is 0.667. The lowest BCUT2D eigenvalue weighted by molar-refractivity contribution is 0.350. The van der Waals surface area contributed by atoms with Crippen molar-refractivity contribution >= 4 is 14.7 Å². The minimum absolute atomic E-state index is 1.07. The van der Waals surface area contributed by atoms with Crippen LogP contribution in [0.2, 0.25) is 0 Å². The number of rotatable bonds is 3. The van der Waals surface area contributed by atoms with Crippen LogP contribution in [0.15, 0.2) is 4.99 Å². The maximum absolute atomic E-state index is 10.2. The van der Waals surface area contributed by atoms with Gasteiger partial charge in [0.15, 0.2) is 0 Å². The molecule has 1 atom stereocenters. The first-order valence-electron chi connectivity index (χ1n) is 1.90. The first-order chi connectivity index (χ1) is 3.81. The molecule has 0 radical (unpaired) electrons. The van der Waals surface area contributed by atoms with Crippen molar-refractivity contribution in [1.82, 2.24) is 0 Å². The molecule has 0 saturated heterocycles. The Morgan fingerprint density at radius 1 is 1.75 bits per heavy atom. The number of nitrogens with zero attached hydrogens (tertiary/aromatic N) is 1. The number of hydrogen-bond acceptors (Lipinski definition) is 4. The van der Waals surface area contributed by atoms with E-state index in [1.165, 1.54) is 14.2 Å². The third-order valence-electron chi connectivity index (χ3n) is 0.388. The highest BCUT2D eigenvalue weighted by Crippen LogP contribution is 2.19. The van der Waals surface area contributed by atoms with Crippen LogP contribution < -0.4 is 0 Å². The Balaban J connectivity index is 3.25. The van der Waals surface area contributed by atoms with Crippen LogP contribution in [0.5, 0.6) is 0 Å². The van der Waals surface area contributed by atoms with E-state index in [0.717, 1.165) is 6.40 Å². The van der Waals surface area contributed by atoms with Crippen molar-refractivity contribution in [2.75, 3.05) is 14.2 Å². The monoisotopic (exact) mass is 136 g/mol. The lowest BCUT2D eigenvalue weighted by atomic mass is 11.4. The average Bonchev–Trinajstić information content (AvgIpc) is 1.83. The molecule has 0 heterocycles. The second-order valence-electron chi connectivity index (χ2n) is 0.875. The summed E-state index contributed by atoms with van der Waals surface area (Å²) in [5.74, 6) is 0. The Labute approximate surface area is 48.5 Å². The van der Waals surface area contributed by atoms with Crippen molar-refractivity contribution in [3.8, 4) is 0 Å². The molecular weight excluding hydrogens is 129 g/mol. The van der Waals surface area contributed by atoms with Gasteiger partial charge in [-0.2, -0.15) is 0 Å². The molecule has 0 aliphatic carbocycles. The molecule has 1 unspecified atom stereocenters. The SMILES string of the molecule is CN=CO[P+](=O)OC. The molecule has 0 aliphatic heterocycles. The predicted octanol–water partition coefficient (Wildman–Crippen LogP) is 0.965. The molecule has 0 aliphatic rings. The van der Waals surface area contributed by atoms with Crippen LogP contribution in [0, 0.1) is 0 Å². The van der Waals surface area contributed by atoms with Crippen molar-refractivity contribution in [1.29, 1.82) is 0 Å². The van der Waals surface area contributed by atoms with Gasteiger partial charge in [-0.15, -0.1) is 4.52 Å². The van der Waals surface area contributed by atoms with Crippen molar-refractivity contribution in [3.05, 3.63) is 0 Å². The summed E-state index contributed by atoms with van der Waals surface area (Å²) in [6.07, 6.45) is 1.07. The zero-order valence-electron chi connectivity index (χ0n) is 4.70. The maximum atomic E-state index is 10.2. The zero-order valence-corrected chi connectivity index (χ0v) is 5.59. The van der Waals surface area contributed by atoms with E-state index in [2.05, 4.69) is 14.0 Å². The average molecular weight is 136 g/mol. The van der Waals surface area contributed by atoms with Crippen LogP contribution in [0.1, 0.15) is 0 Å². The molecular formula is C3H7NO3P+. The number of hydrogen-bond donors (Lipinski definition) is 0. The van der Waals surface area contributed by atoms with Gasteiger partial charge in [0.1, 0.15) is 0 Å². The fourth-order valence-electron chi connectivity index (χ4n) is 0.129. The largest absolute Gasteiger partial charge is 0.750 e. The molecule has 8 heavy (non-hydrogen) atoms. The van der Waals surface area contributed by atoms with Crippen LogP contribution in [-0.2, 0) is 13.6 Å². The number of aliphatic imine (C=N–C) groups is 1. The van der Waals surface area contributed by atoms with E-state index in [0.29, 0.717) is 0 Å². The smallest absolute Gasteiger partial charge is 0.257 e. The predicted molar refractivity (Wildman–Crippen MR) is 30.1 cm³/mol. The molecule has 0 amide bonds. The third-order valence-corrected chi connectivity index (χ3v) is 0.952.